The second-order valence-electron chi connectivity index (χ2n) is 7.44. The number of piperidine rings is 1. The van der Waals surface area contributed by atoms with E-state index in [9.17, 15) is 4.79 Å². The van der Waals surface area contributed by atoms with E-state index in [2.05, 4.69) is 16.7 Å². The molecule has 2 saturated heterocycles. The Morgan fingerprint density at radius 3 is 2.52 bits per heavy atom. The summed E-state index contributed by atoms with van der Waals surface area (Å²) in [6.07, 6.45) is 6.35. The zero-order valence-electron chi connectivity index (χ0n) is 14.6. The molecule has 1 aromatic heterocycles. The van der Waals surface area contributed by atoms with Gasteiger partial charge in [0.05, 0.1) is 18.3 Å². The molecule has 5 nitrogen and oxygen atoms in total. The molecule has 0 spiro atoms. The van der Waals surface area contributed by atoms with E-state index >= 15 is 0 Å². The normalized spacial score (nSPS) is 27.9. The fourth-order valence-corrected chi connectivity index (χ4v) is 4.44. The first-order valence-electron chi connectivity index (χ1n) is 9.19. The van der Waals surface area contributed by atoms with Crippen molar-refractivity contribution in [3.05, 3.63) is 54.0 Å². The van der Waals surface area contributed by atoms with Crippen molar-refractivity contribution in [1.82, 2.24) is 5.32 Å². The Balaban J connectivity index is 1.31. The molecule has 0 radical (unpaired) electrons. The minimum Gasteiger partial charge on any atom is -0.463 e. The summed E-state index contributed by atoms with van der Waals surface area (Å²) in [5.74, 6) is 1.07. The van der Waals surface area contributed by atoms with Crippen molar-refractivity contribution >= 4 is 11.7 Å². The lowest BCUT2D eigenvalue weighted by molar-refractivity contribution is -0.955. The van der Waals surface area contributed by atoms with E-state index in [1.54, 1.807) is 11.2 Å². The minimum absolute atomic E-state index is 0.0947. The lowest BCUT2D eigenvalue weighted by Gasteiger charge is -2.35. The van der Waals surface area contributed by atoms with Crippen LogP contribution in [0.4, 0.5) is 10.5 Å². The molecule has 2 aliphatic heterocycles. The smallest absolute Gasteiger partial charge is 0.319 e. The highest BCUT2D eigenvalue weighted by Crippen LogP contribution is 2.23. The number of fused-ring (bicyclic) bond motifs is 2. The second-order valence-corrected chi connectivity index (χ2v) is 7.44. The number of furan rings is 1. The van der Waals surface area contributed by atoms with Crippen LogP contribution in [0.3, 0.4) is 0 Å². The standard InChI is InChI=1S/C20H25N3O2/c1-14-4-6-15(7-5-14)21-20(24)22-16-11-17-8-9-18(12-16)23(17)13-19-3-2-10-25-19/h2-7,10,16-18H,8-9,11-13H2,1H3,(H2,21,22,24)/p+1/t16?,17-,18+. The summed E-state index contributed by atoms with van der Waals surface area (Å²) >= 11 is 0. The molecule has 2 aromatic rings. The van der Waals surface area contributed by atoms with Crippen molar-refractivity contribution in [2.75, 3.05) is 5.32 Å². The van der Waals surface area contributed by atoms with Crippen LogP contribution in [0.5, 0.6) is 0 Å². The number of rotatable bonds is 4. The number of carbonyl (C=O) groups excluding carboxylic acids is 1. The van der Waals surface area contributed by atoms with Crippen LogP contribution in [-0.4, -0.2) is 24.2 Å². The molecule has 1 aromatic carbocycles. The summed E-state index contributed by atoms with van der Waals surface area (Å²) in [5, 5.41) is 6.12. The van der Waals surface area contributed by atoms with Gasteiger partial charge in [0.1, 0.15) is 6.54 Å². The van der Waals surface area contributed by atoms with Crippen molar-refractivity contribution in [3.63, 3.8) is 0 Å². The van der Waals surface area contributed by atoms with Crippen LogP contribution < -0.4 is 15.5 Å². The van der Waals surface area contributed by atoms with Crippen LogP contribution in [-0.2, 0) is 6.54 Å². The van der Waals surface area contributed by atoms with Gasteiger partial charge in [0, 0.05) is 37.4 Å². The van der Waals surface area contributed by atoms with Gasteiger partial charge in [-0.3, -0.25) is 0 Å². The van der Waals surface area contributed by atoms with E-state index in [1.165, 1.54) is 18.4 Å². The fourth-order valence-electron chi connectivity index (χ4n) is 4.44. The largest absolute Gasteiger partial charge is 0.463 e. The summed E-state index contributed by atoms with van der Waals surface area (Å²) in [5.41, 5.74) is 2.03. The molecule has 4 rings (SSSR count). The quantitative estimate of drug-likeness (QED) is 0.801. The van der Waals surface area contributed by atoms with E-state index in [0.717, 1.165) is 30.8 Å². The molecule has 5 heteroatoms. The zero-order valence-corrected chi connectivity index (χ0v) is 14.6. The Morgan fingerprint density at radius 2 is 1.88 bits per heavy atom. The van der Waals surface area contributed by atoms with Gasteiger partial charge in [-0.15, -0.1) is 0 Å². The second kappa shape index (κ2) is 6.92. The number of anilines is 1. The van der Waals surface area contributed by atoms with Gasteiger partial charge in [0.2, 0.25) is 0 Å². The van der Waals surface area contributed by atoms with E-state index in [4.69, 9.17) is 4.42 Å². The van der Waals surface area contributed by atoms with E-state index in [-0.39, 0.29) is 12.1 Å². The lowest BCUT2D eigenvalue weighted by atomic mass is 9.97. The Morgan fingerprint density at radius 1 is 1.16 bits per heavy atom. The monoisotopic (exact) mass is 340 g/mol. The maximum Gasteiger partial charge on any atom is 0.319 e. The predicted molar refractivity (Wildman–Crippen MR) is 96.5 cm³/mol. The molecular formula is C20H26N3O2+. The summed E-state index contributed by atoms with van der Waals surface area (Å²) < 4.78 is 5.53. The number of nitrogens with one attached hydrogen (secondary N) is 3. The Kier molecular flexibility index (Phi) is 4.49. The highest BCUT2D eigenvalue weighted by molar-refractivity contribution is 5.89. The number of hydrogen-bond acceptors (Lipinski definition) is 2. The molecule has 3 heterocycles. The van der Waals surface area contributed by atoms with Gasteiger partial charge in [0.15, 0.2) is 5.76 Å². The van der Waals surface area contributed by atoms with Gasteiger partial charge in [0.25, 0.3) is 0 Å². The minimum atomic E-state index is -0.0947. The molecular weight excluding hydrogens is 314 g/mol. The average molecular weight is 340 g/mol. The average Bonchev–Trinajstić information content (AvgIpc) is 3.17. The summed E-state index contributed by atoms with van der Waals surface area (Å²) in [4.78, 5) is 13.9. The number of aryl methyl sites for hydroxylation is 1. The van der Waals surface area contributed by atoms with Gasteiger partial charge in [-0.05, 0) is 31.2 Å². The Labute approximate surface area is 148 Å². The number of urea groups is 1. The summed E-state index contributed by atoms with van der Waals surface area (Å²) in [7, 11) is 0. The van der Waals surface area contributed by atoms with E-state index < -0.39 is 0 Å². The molecule has 0 aliphatic carbocycles. The van der Waals surface area contributed by atoms with Crippen LogP contribution in [0.15, 0.2) is 47.1 Å². The molecule has 2 amide bonds. The van der Waals surface area contributed by atoms with Crippen molar-refractivity contribution < 1.29 is 14.1 Å². The molecule has 2 fully saturated rings. The zero-order chi connectivity index (χ0) is 17.2. The number of benzene rings is 1. The Hall–Kier alpha value is -2.27. The number of carbonyl (C=O) groups is 1. The Bertz CT molecular complexity index is 697. The third-order valence-electron chi connectivity index (χ3n) is 5.65. The molecule has 25 heavy (non-hydrogen) atoms. The van der Waals surface area contributed by atoms with Gasteiger partial charge in [-0.25, -0.2) is 4.79 Å². The molecule has 2 unspecified atom stereocenters. The fraction of sp³-hybridized carbons (Fsp3) is 0.450. The molecule has 4 atom stereocenters. The SMILES string of the molecule is Cc1ccc(NC(=O)NC2C[C@H]3CC[C@@H](C2)[NH+]3Cc2ccco2)cc1. The van der Waals surface area contributed by atoms with Crippen molar-refractivity contribution in [2.45, 2.75) is 57.3 Å². The topological polar surface area (TPSA) is 58.7 Å². The number of amides is 2. The van der Waals surface area contributed by atoms with Crippen LogP contribution in [0.1, 0.15) is 37.0 Å². The third kappa shape index (κ3) is 3.71. The van der Waals surface area contributed by atoms with Crippen LogP contribution in [0.25, 0.3) is 0 Å². The highest BCUT2D eigenvalue weighted by Gasteiger charge is 2.45. The van der Waals surface area contributed by atoms with Gasteiger partial charge in [-0.2, -0.15) is 0 Å². The first kappa shape index (κ1) is 16.2. The lowest BCUT2D eigenvalue weighted by Crippen LogP contribution is -3.17. The molecule has 2 bridgehead atoms. The number of hydrogen-bond donors (Lipinski definition) is 3. The first-order chi connectivity index (χ1) is 12.2. The van der Waals surface area contributed by atoms with Gasteiger partial charge >= 0.3 is 6.03 Å². The highest BCUT2D eigenvalue weighted by atomic mass is 16.3. The van der Waals surface area contributed by atoms with Crippen molar-refractivity contribution in [2.24, 2.45) is 0 Å². The van der Waals surface area contributed by atoms with Crippen molar-refractivity contribution in [1.29, 1.82) is 0 Å². The molecule has 132 valence electrons. The van der Waals surface area contributed by atoms with Crippen LogP contribution >= 0.6 is 0 Å². The maximum atomic E-state index is 12.3. The molecule has 0 saturated carbocycles. The van der Waals surface area contributed by atoms with Gasteiger partial charge in [-0.1, -0.05) is 17.7 Å². The first-order valence-corrected chi connectivity index (χ1v) is 9.19. The number of quaternary nitrogens is 1. The van der Waals surface area contributed by atoms with Crippen LogP contribution in [0, 0.1) is 6.92 Å². The predicted octanol–water partition coefficient (Wildman–Crippen LogP) is 2.49. The van der Waals surface area contributed by atoms with Crippen molar-refractivity contribution in [3.8, 4) is 0 Å². The van der Waals surface area contributed by atoms with Crippen LogP contribution in [0.2, 0.25) is 0 Å². The maximum absolute atomic E-state index is 12.3. The summed E-state index contributed by atoms with van der Waals surface area (Å²) in [6.45, 7) is 3.00. The molecule has 3 N–H and O–H groups in total. The molecule has 2 aliphatic rings. The van der Waals surface area contributed by atoms with E-state index in [1.807, 2.05) is 37.3 Å². The summed E-state index contributed by atoms with van der Waals surface area (Å²) in [6, 6.07) is 13.3. The van der Waals surface area contributed by atoms with Gasteiger partial charge < -0.3 is 20.0 Å². The third-order valence-corrected chi connectivity index (χ3v) is 5.65. The van der Waals surface area contributed by atoms with E-state index in [0.29, 0.717) is 12.1 Å².